The molecule has 0 aliphatic carbocycles. The quantitative estimate of drug-likeness (QED) is 0.645. The Labute approximate surface area is 117 Å². The molecule has 0 aromatic heterocycles. The van der Waals surface area contributed by atoms with Gasteiger partial charge in [-0.25, -0.2) is 4.79 Å². The molecule has 0 amide bonds. The van der Waals surface area contributed by atoms with Crippen molar-refractivity contribution in [3.8, 4) is 16.9 Å². The molecule has 4 nitrogen and oxygen atoms in total. The van der Waals surface area contributed by atoms with Crippen LogP contribution >= 0.6 is 0 Å². The molecule has 0 aliphatic heterocycles. The minimum atomic E-state index is -1.00. The number of carbonyl (C=O) groups is 1. The first-order chi connectivity index (χ1) is 9.63. The molecule has 0 radical (unpaired) electrons. The van der Waals surface area contributed by atoms with E-state index in [4.69, 9.17) is 10.5 Å². The van der Waals surface area contributed by atoms with Crippen molar-refractivity contribution in [3.05, 3.63) is 60.7 Å². The molecule has 3 N–H and O–H groups in total. The molecule has 2 rings (SSSR count). The van der Waals surface area contributed by atoms with Gasteiger partial charge in [-0.3, -0.25) is 0 Å². The molecule has 4 heteroatoms. The Morgan fingerprint density at radius 1 is 1.25 bits per heavy atom. The Morgan fingerprint density at radius 2 is 2.00 bits per heavy atom. The number of hydrogen-bond acceptors (Lipinski definition) is 3. The molecule has 20 heavy (non-hydrogen) atoms. The average Bonchev–Trinajstić information content (AvgIpc) is 2.45. The number of nitrogens with two attached hydrogens (primary N) is 1. The molecule has 0 aliphatic rings. The fourth-order valence-corrected chi connectivity index (χ4v) is 1.93. The highest BCUT2D eigenvalue weighted by molar-refractivity contribution is 5.97. The zero-order chi connectivity index (χ0) is 14.5. The van der Waals surface area contributed by atoms with E-state index < -0.39 is 5.97 Å². The van der Waals surface area contributed by atoms with Crippen molar-refractivity contribution in [2.24, 2.45) is 0 Å². The summed E-state index contributed by atoms with van der Waals surface area (Å²) >= 11 is 0. The number of anilines is 1. The molecule has 0 heterocycles. The molecule has 0 saturated carbocycles. The van der Waals surface area contributed by atoms with Crippen molar-refractivity contribution in [1.29, 1.82) is 0 Å². The van der Waals surface area contributed by atoms with Crippen LogP contribution in [0.3, 0.4) is 0 Å². The Hall–Kier alpha value is -2.75. The number of nitrogen functional groups attached to an aromatic ring is 1. The number of ether oxygens (including phenoxy) is 1. The van der Waals surface area contributed by atoms with E-state index in [1.807, 2.05) is 12.1 Å². The van der Waals surface area contributed by atoms with E-state index >= 15 is 0 Å². The summed E-state index contributed by atoms with van der Waals surface area (Å²) in [6.45, 7) is 3.95. The fourth-order valence-electron chi connectivity index (χ4n) is 1.93. The SMILES string of the molecule is C=CCOc1ccccc1-c1cc(N)ccc1C(=O)O. The van der Waals surface area contributed by atoms with Crippen LogP contribution in [0.15, 0.2) is 55.1 Å². The summed E-state index contributed by atoms with van der Waals surface area (Å²) in [7, 11) is 0. The third kappa shape index (κ3) is 2.80. The van der Waals surface area contributed by atoms with Crippen LogP contribution < -0.4 is 10.5 Å². The smallest absolute Gasteiger partial charge is 0.336 e. The van der Waals surface area contributed by atoms with Gasteiger partial charge in [0.2, 0.25) is 0 Å². The van der Waals surface area contributed by atoms with Gasteiger partial charge in [0.15, 0.2) is 0 Å². The molecule has 2 aromatic carbocycles. The maximum atomic E-state index is 11.3. The summed E-state index contributed by atoms with van der Waals surface area (Å²) in [5.74, 6) is -0.404. The monoisotopic (exact) mass is 269 g/mol. The molecule has 0 unspecified atom stereocenters. The second kappa shape index (κ2) is 5.93. The number of benzene rings is 2. The van der Waals surface area contributed by atoms with E-state index in [-0.39, 0.29) is 5.56 Å². The van der Waals surface area contributed by atoms with E-state index in [0.29, 0.717) is 29.2 Å². The maximum Gasteiger partial charge on any atom is 0.336 e. The number of rotatable bonds is 5. The van der Waals surface area contributed by atoms with Gasteiger partial charge in [-0.15, -0.1) is 0 Å². The summed E-state index contributed by atoms with van der Waals surface area (Å²) in [5, 5.41) is 9.29. The van der Waals surface area contributed by atoms with Crippen molar-refractivity contribution >= 4 is 11.7 Å². The van der Waals surface area contributed by atoms with Gasteiger partial charge in [0.25, 0.3) is 0 Å². The molecule has 0 atom stereocenters. The number of hydrogen-bond donors (Lipinski definition) is 2. The van der Waals surface area contributed by atoms with Crippen molar-refractivity contribution in [2.45, 2.75) is 0 Å². The minimum Gasteiger partial charge on any atom is -0.489 e. The Kier molecular flexibility index (Phi) is 4.05. The topological polar surface area (TPSA) is 72.5 Å². The lowest BCUT2D eigenvalue weighted by atomic mass is 9.98. The lowest BCUT2D eigenvalue weighted by Crippen LogP contribution is -2.02. The highest BCUT2D eigenvalue weighted by Gasteiger charge is 2.15. The number of carboxylic acid groups (broad SMARTS) is 1. The van der Waals surface area contributed by atoms with Gasteiger partial charge in [-0.05, 0) is 24.3 Å². The average molecular weight is 269 g/mol. The second-order valence-corrected chi connectivity index (χ2v) is 4.21. The molecular weight excluding hydrogens is 254 g/mol. The van der Waals surface area contributed by atoms with Crippen LogP contribution in [0.5, 0.6) is 5.75 Å². The second-order valence-electron chi connectivity index (χ2n) is 4.21. The first kappa shape index (κ1) is 13.7. The van der Waals surface area contributed by atoms with Crippen LogP contribution in [0.1, 0.15) is 10.4 Å². The normalized spacial score (nSPS) is 10.0. The lowest BCUT2D eigenvalue weighted by molar-refractivity contribution is 0.0698. The van der Waals surface area contributed by atoms with E-state index in [0.717, 1.165) is 0 Å². The summed E-state index contributed by atoms with van der Waals surface area (Å²) in [4.78, 5) is 11.3. The largest absolute Gasteiger partial charge is 0.489 e. The number of aromatic carboxylic acids is 1. The van der Waals surface area contributed by atoms with Crippen molar-refractivity contribution < 1.29 is 14.6 Å². The summed E-state index contributed by atoms with van der Waals surface area (Å²) in [5.41, 5.74) is 7.69. The highest BCUT2D eigenvalue weighted by atomic mass is 16.5. The van der Waals surface area contributed by atoms with Gasteiger partial charge in [0, 0.05) is 16.8 Å². The van der Waals surface area contributed by atoms with Crippen molar-refractivity contribution in [1.82, 2.24) is 0 Å². The zero-order valence-electron chi connectivity index (χ0n) is 10.9. The molecule has 2 aromatic rings. The first-order valence-electron chi connectivity index (χ1n) is 6.09. The minimum absolute atomic E-state index is 0.189. The molecule has 102 valence electrons. The van der Waals surface area contributed by atoms with Gasteiger partial charge in [-0.1, -0.05) is 30.9 Å². The zero-order valence-corrected chi connectivity index (χ0v) is 10.9. The van der Waals surface area contributed by atoms with Crippen LogP contribution in [0.2, 0.25) is 0 Å². The lowest BCUT2D eigenvalue weighted by Gasteiger charge is -2.13. The predicted molar refractivity (Wildman–Crippen MR) is 78.9 cm³/mol. The van der Waals surface area contributed by atoms with Gasteiger partial charge in [0.05, 0.1) is 5.56 Å². The number of para-hydroxylation sites is 1. The fraction of sp³-hybridized carbons (Fsp3) is 0.0625. The summed E-state index contributed by atoms with van der Waals surface area (Å²) in [6, 6.07) is 11.9. The van der Waals surface area contributed by atoms with Crippen LogP contribution in [-0.2, 0) is 0 Å². The third-order valence-electron chi connectivity index (χ3n) is 2.81. The van der Waals surface area contributed by atoms with Gasteiger partial charge in [0.1, 0.15) is 12.4 Å². The van der Waals surface area contributed by atoms with Gasteiger partial charge in [-0.2, -0.15) is 0 Å². The van der Waals surface area contributed by atoms with E-state index in [1.54, 1.807) is 30.3 Å². The molecule has 0 saturated heterocycles. The summed E-state index contributed by atoms with van der Waals surface area (Å²) in [6.07, 6.45) is 1.63. The van der Waals surface area contributed by atoms with Gasteiger partial charge >= 0.3 is 5.97 Å². The van der Waals surface area contributed by atoms with E-state index in [1.165, 1.54) is 6.07 Å². The van der Waals surface area contributed by atoms with Crippen LogP contribution in [-0.4, -0.2) is 17.7 Å². The van der Waals surface area contributed by atoms with Crippen molar-refractivity contribution in [2.75, 3.05) is 12.3 Å². The number of carboxylic acids is 1. The third-order valence-corrected chi connectivity index (χ3v) is 2.81. The van der Waals surface area contributed by atoms with Crippen LogP contribution in [0.25, 0.3) is 11.1 Å². The van der Waals surface area contributed by atoms with E-state index in [9.17, 15) is 9.90 Å². The molecule has 0 spiro atoms. The van der Waals surface area contributed by atoms with E-state index in [2.05, 4.69) is 6.58 Å². The van der Waals surface area contributed by atoms with Crippen LogP contribution in [0.4, 0.5) is 5.69 Å². The first-order valence-corrected chi connectivity index (χ1v) is 6.09. The standard InChI is InChI=1S/C16H15NO3/c1-2-9-20-15-6-4-3-5-12(15)14-10-11(17)7-8-13(14)16(18)19/h2-8,10H,1,9,17H2,(H,18,19). The van der Waals surface area contributed by atoms with Crippen LogP contribution in [0, 0.1) is 0 Å². The molecular formula is C16H15NO3. The Balaban J connectivity index is 2.58. The molecule has 0 bridgehead atoms. The van der Waals surface area contributed by atoms with Crippen molar-refractivity contribution in [3.63, 3.8) is 0 Å². The predicted octanol–water partition coefficient (Wildman–Crippen LogP) is 3.20. The Morgan fingerprint density at radius 3 is 2.70 bits per heavy atom. The Bertz CT molecular complexity index is 650. The maximum absolute atomic E-state index is 11.3. The van der Waals surface area contributed by atoms with Gasteiger partial charge < -0.3 is 15.6 Å². The summed E-state index contributed by atoms with van der Waals surface area (Å²) < 4.78 is 5.56. The highest BCUT2D eigenvalue weighted by Crippen LogP contribution is 2.33. The molecule has 0 fully saturated rings.